The van der Waals surface area contributed by atoms with E-state index in [0.29, 0.717) is 0 Å². The predicted molar refractivity (Wildman–Crippen MR) is 104 cm³/mol. The number of benzene rings is 2. The van der Waals surface area contributed by atoms with Gasteiger partial charge in [0.2, 0.25) is 0 Å². The molecular formula is C19H22ClNO4S. The van der Waals surface area contributed by atoms with E-state index in [1.807, 2.05) is 24.3 Å². The number of sulfone groups is 1. The molecule has 0 saturated heterocycles. The third-order valence-corrected chi connectivity index (χ3v) is 5.48. The summed E-state index contributed by atoms with van der Waals surface area (Å²) < 4.78 is 28.8. The Hall–Kier alpha value is -2.05. The standard InChI is InChI=1S/C19H22ClNO4S/c1-4-21(5-2)18-9-7-6-8-14(18)13-25-19(22)16-12-15(26(3,23)24)10-11-17(16)20/h6-12H,4-5,13H2,1-3H3. The van der Waals surface area contributed by atoms with E-state index in [1.54, 1.807) is 0 Å². The summed E-state index contributed by atoms with van der Waals surface area (Å²) >= 11 is 6.05. The minimum absolute atomic E-state index is 0.0254. The Labute approximate surface area is 159 Å². The van der Waals surface area contributed by atoms with Gasteiger partial charge in [-0.05, 0) is 38.1 Å². The van der Waals surface area contributed by atoms with Crippen LogP contribution in [0, 0.1) is 0 Å². The molecule has 0 aliphatic carbocycles. The smallest absolute Gasteiger partial charge is 0.340 e. The molecule has 0 aliphatic rings. The van der Waals surface area contributed by atoms with Gasteiger partial charge in [-0.3, -0.25) is 0 Å². The van der Waals surface area contributed by atoms with Gasteiger partial charge in [0.25, 0.3) is 0 Å². The summed E-state index contributed by atoms with van der Waals surface area (Å²) in [6.45, 7) is 5.86. The van der Waals surface area contributed by atoms with Crippen LogP contribution in [0.1, 0.15) is 29.8 Å². The van der Waals surface area contributed by atoms with Crippen molar-refractivity contribution in [1.29, 1.82) is 0 Å². The van der Waals surface area contributed by atoms with Crippen molar-refractivity contribution in [2.45, 2.75) is 25.3 Å². The molecule has 0 heterocycles. The van der Waals surface area contributed by atoms with Crippen molar-refractivity contribution in [2.75, 3.05) is 24.2 Å². The zero-order chi connectivity index (χ0) is 19.3. The molecular weight excluding hydrogens is 374 g/mol. The number of halogens is 1. The Morgan fingerprint density at radius 3 is 2.38 bits per heavy atom. The molecule has 0 radical (unpaired) electrons. The predicted octanol–water partition coefficient (Wildman–Crippen LogP) is 3.95. The van der Waals surface area contributed by atoms with Gasteiger partial charge in [-0.15, -0.1) is 0 Å². The van der Waals surface area contributed by atoms with Crippen molar-refractivity contribution in [3.05, 3.63) is 58.6 Å². The van der Waals surface area contributed by atoms with Gasteiger partial charge in [0.05, 0.1) is 15.5 Å². The number of carbonyl (C=O) groups is 1. The number of anilines is 1. The van der Waals surface area contributed by atoms with Gasteiger partial charge in [0.1, 0.15) is 6.61 Å². The molecule has 140 valence electrons. The zero-order valence-corrected chi connectivity index (χ0v) is 16.6. The summed E-state index contributed by atoms with van der Waals surface area (Å²) in [5.41, 5.74) is 1.91. The molecule has 0 bridgehead atoms. The molecule has 0 aliphatic heterocycles. The van der Waals surface area contributed by atoms with E-state index in [1.165, 1.54) is 18.2 Å². The number of carbonyl (C=O) groups excluding carboxylic acids is 1. The summed E-state index contributed by atoms with van der Waals surface area (Å²) in [6, 6.07) is 11.7. The maximum atomic E-state index is 12.4. The first kappa shape index (κ1) is 20.3. The Balaban J connectivity index is 2.23. The molecule has 0 amide bonds. The van der Waals surface area contributed by atoms with Gasteiger partial charge in [0.15, 0.2) is 9.84 Å². The number of hydrogen-bond acceptors (Lipinski definition) is 5. The molecule has 0 atom stereocenters. The highest BCUT2D eigenvalue weighted by Gasteiger charge is 2.17. The van der Waals surface area contributed by atoms with E-state index in [9.17, 15) is 13.2 Å². The van der Waals surface area contributed by atoms with Gasteiger partial charge in [-0.2, -0.15) is 0 Å². The largest absolute Gasteiger partial charge is 0.457 e. The highest BCUT2D eigenvalue weighted by Crippen LogP contribution is 2.24. The molecule has 0 unspecified atom stereocenters. The molecule has 0 fully saturated rings. The maximum Gasteiger partial charge on any atom is 0.340 e. The Kier molecular flexibility index (Phi) is 6.67. The maximum absolute atomic E-state index is 12.4. The summed E-state index contributed by atoms with van der Waals surface area (Å²) in [6.07, 6.45) is 1.08. The summed E-state index contributed by atoms with van der Waals surface area (Å²) in [7, 11) is -3.44. The lowest BCUT2D eigenvalue weighted by molar-refractivity contribution is 0.0473. The fourth-order valence-electron chi connectivity index (χ4n) is 2.62. The number of esters is 1. The lowest BCUT2D eigenvalue weighted by Crippen LogP contribution is -2.23. The van der Waals surface area contributed by atoms with Crippen LogP contribution in [-0.2, 0) is 21.2 Å². The molecule has 26 heavy (non-hydrogen) atoms. The molecule has 0 aromatic heterocycles. The number of para-hydroxylation sites is 1. The molecule has 2 aromatic rings. The Morgan fingerprint density at radius 1 is 1.12 bits per heavy atom. The summed E-state index contributed by atoms with van der Waals surface area (Å²) in [4.78, 5) is 14.6. The average molecular weight is 396 g/mol. The molecule has 0 saturated carbocycles. The van der Waals surface area contributed by atoms with Crippen LogP contribution in [-0.4, -0.2) is 33.7 Å². The van der Waals surface area contributed by atoms with Gasteiger partial charge >= 0.3 is 5.97 Å². The molecule has 0 spiro atoms. The summed E-state index contributed by atoms with van der Waals surface area (Å²) in [5.74, 6) is -0.658. The second kappa shape index (κ2) is 8.56. The van der Waals surface area contributed by atoms with Crippen molar-refractivity contribution in [3.8, 4) is 0 Å². The van der Waals surface area contributed by atoms with Crippen molar-refractivity contribution in [2.24, 2.45) is 0 Å². The van der Waals surface area contributed by atoms with E-state index in [-0.39, 0.29) is 22.1 Å². The van der Waals surface area contributed by atoms with E-state index in [2.05, 4.69) is 18.7 Å². The second-order valence-electron chi connectivity index (χ2n) is 5.79. The zero-order valence-electron chi connectivity index (χ0n) is 15.0. The first-order valence-corrected chi connectivity index (χ1v) is 10.5. The summed E-state index contributed by atoms with van der Waals surface area (Å²) in [5, 5.41) is 0.152. The van der Waals surface area contributed by atoms with E-state index in [4.69, 9.17) is 16.3 Å². The molecule has 7 heteroatoms. The van der Waals surface area contributed by atoms with Crippen LogP contribution in [0.25, 0.3) is 0 Å². The minimum atomic E-state index is -3.44. The molecule has 0 N–H and O–H groups in total. The van der Waals surface area contributed by atoms with Gasteiger partial charge in [0, 0.05) is 30.6 Å². The SMILES string of the molecule is CCN(CC)c1ccccc1COC(=O)c1cc(S(C)(=O)=O)ccc1Cl. The monoisotopic (exact) mass is 395 g/mol. The lowest BCUT2D eigenvalue weighted by Gasteiger charge is -2.24. The Bertz CT molecular complexity index is 892. The first-order chi connectivity index (χ1) is 12.3. The van der Waals surface area contributed by atoms with Crippen LogP contribution in [0.2, 0.25) is 5.02 Å². The van der Waals surface area contributed by atoms with Crippen LogP contribution >= 0.6 is 11.6 Å². The van der Waals surface area contributed by atoms with Gasteiger partial charge in [-0.25, -0.2) is 13.2 Å². The van der Waals surface area contributed by atoms with Crippen LogP contribution in [0.15, 0.2) is 47.4 Å². The highest BCUT2D eigenvalue weighted by molar-refractivity contribution is 7.90. The number of rotatable bonds is 7. The van der Waals surface area contributed by atoms with E-state index >= 15 is 0 Å². The van der Waals surface area contributed by atoms with Crippen LogP contribution in [0.3, 0.4) is 0 Å². The quantitative estimate of drug-likeness (QED) is 0.664. The number of hydrogen-bond donors (Lipinski definition) is 0. The van der Waals surface area contributed by atoms with Gasteiger partial charge < -0.3 is 9.64 Å². The second-order valence-corrected chi connectivity index (χ2v) is 8.21. The average Bonchev–Trinajstić information content (AvgIpc) is 2.61. The topological polar surface area (TPSA) is 63.7 Å². The fraction of sp³-hybridized carbons (Fsp3) is 0.316. The normalized spacial score (nSPS) is 11.2. The molecule has 2 aromatic carbocycles. The van der Waals surface area contributed by atoms with Crippen molar-refractivity contribution < 1.29 is 17.9 Å². The number of ether oxygens (including phenoxy) is 1. The lowest BCUT2D eigenvalue weighted by atomic mass is 10.1. The minimum Gasteiger partial charge on any atom is -0.457 e. The molecule has 2 rings (SSSR count). The van der Waals surface area contributed by atoms with Crippen molar-refractivity contribution in [3.63, 3.8) is 0 Å². The van der Waals surface area contributed by atoms with E-state index in [0.717, 1.165) is 30.6 Å². The Morgan fingerprint density at radius 2 is 1.77 bits per heavy atom. The molecule has 5 nitrogen and oxygen atoms in total. The number of nitrogens with zero attached hydrogens (tertiary/aromatic N) is 1. The van der Waals surface area contributed by atoms with E-state index < -0.39 is 15.8 Å². The fourth-order valence-corrected chi connectivity index (χ4v) is 3.46. The van der Waals surface area contributed by atoms with Crippen LogP contribution < -0.4 is 4.90 Å². The third-order valence-electron chi connectivity index (χ3n) is 4.04. The van der Waals surface area contributed by atoms with Crippen molar-refractivity contribution >= 4 is 33.1 Å². The van der Waals surface area contributed by atoms with Gasteiger partial charge in [-0.1, -0.05) is 29.8 Å². The first-order valence-electron chi connectivity index (χ1n) is 8.27. The van der Waals surface area contributed by atoms with Crippen LogP contribution in [0.5, 0.6) is 0 Å². The third kappa shape index (κ3) is 4.77. The van der Waals surface area contributed by atoms with Crippen molar-refractivity contribution in [1.82, 2.24) is 0 Å². The highest BCUT2D eigenvalue weighted by atomic mass is 35.5. The van der Waals surface area contributed by atoms with Crippen LogP contribution in [0.4, 0.5) is 5.69 Å².